The molecule has 0 bridgehead atoms. The Morgan fingerprint density at radius 2 is 2.21 bits per heavy atom. The van der Waals surface area contributed by atoms with E-state index < -0.39 is 0 Å². The highest BCUT2D eigenvalue weighted by Crippen LogP contribution is 2.22. The lowest BCUT2D eigenvalue weighted by atomic mass is 10.2. The standard InChI is InChI=1S/C14H20ClN3S/c1-4-10(2)17(3)8-9-18-12-7-5-6-11(15)13(12)16-14(18)19/h5-7,10H,4,8-9H2,1-3H3,(H,16,19). The fourth-order valence-electron chi connectivity index (χ4n) is 2.16. The number of rotatable bonds is 5. The van der Waals surface area contributed by atoms with E-state index in [9.17, 15) is 0 Å². The van der Waals surface area contributed by atoms with E-state index in [1.165, 1.54) is 0 Å². The summed E-state index contributed by atoms with van der Waals surface area (Å²) in [6.45, 7) is 6.30. The summed E-state index contributed by atoms with van der Waals surface area (Å²) in [5, 5.41) is 0.720. The number of H-pyrrole nitrogens is 1. The van der Waals surface area contributed by atoms with Crippen molar-refractivity contribution in [3.8, 4) is 0 Å². The predicted molar refractivity (Wildman–Crippen MR) is 84.5 cm³/mol. The average molecular weight is 298 g/mol. The van der Waals surface area contributed by atoms with Crippen molar-refractivity contribution in [1.29, 1.82) is 0 Å². The Bertz CT molecular complexity index is 617. The van der Waals surface area contributed by atoms with Gasteiger partial charge in [0.15, 0.2) is 4.77 Å². The molecule has 0 aliphatic carbocycles. The largest absolute Gasteiger partial charge is 0.329 e. The van der Waals surface area contributed by atoms with E-state index in [0.29, 0.717) is 6.04 Å². The second-order valence-electron chi connectivity index (χ2n) is 4.95. The number of benzene rings is 1. The molecule has 0 saturated carbocycles. The van der Waals surface area contributed by atoms with Crippen molar-refractivity contribution < 1.29 is 0 Å². The zero-order valence-electron chi connectivity index (χ0n) is 11.6. The first-order valence-electron chi connectivity index (χ1n) is 6.61. The van der Waals surface area contributed by atoms with Crippen molar-refractivity contribution in [3.05, 3.63) is 28.0 Å². The highest BCUT2D eigenvalue weighted by Gasteiger charge is 2.10. The number of hydrogen-bond donors (Lipinski definition) is 1. The summed E-state index contributed by atoms with van der Waals surface area (Å²) < 4.78 is 2.86. The molecule has 0 aliphatic rings. The Morgan fingerprint density at radius 1 is 1.47 bits per heavy atom. The third-order valence-electron chi connectivity index (χ3n) is 3.78. The van der Waals surface area contributed by atoms with E-state index in [1.807, 2.05) is 12.1 Å². The SMILES string of the molecule is CCC(C)N(C)CCn1c(=S)[nH]c2c(Cl)cccc21. The van der Waals surface area contributed by atoms with Crippen LogP contribution in [0.1, 0.15) is 20.3 Å². The number of halogens is 1. The Balaban J connectivity index is 2.24. The Morgan fingerprint density at radius 3 is 2.89 bits per heavy atom. The van der Waals surface area contributed by atoms with E-state index in [-0.39, 0.29) is 0 Å². The van der Waals surface area contributed by atoms with Crippen LogP contribution in [-0.2, 0) is 6.54 Å². The summed E-state index contributed by atoms with van der Waals surface area (Å²) in [5.74, 6) is 0. The second kappa shape index (κ2) is 6.07. The van der Waals surface area contributed by atoms with Crippen LogP contribution >= 0.6 is 23.8 Å². The summed E-state index contributed by atoms with van der Waals surface area (Å²) in [5.41, 5.74) is 2.01. The lowest BCUT2D eigenvalue weighted by Gasteiger charge is -2.23. The minimum Gasteiger partial charge on any atom is -0.329 e. The van der Waals surface area contributed by atoms with Crippen LogP contribution in [0.2, 0.25) is 5.02 Å². The predicted octanol–water partition coefficient (Wildman–Crippen LogP) is 4.08. The number of nitrogens with one attached hydrogen (secondary N) is 1. The van der Waals surface area contributed by atoms with Crippen molar-refractivity contribution in [1.82, 2.24) is 14.5 Å². The topological polar surface area (TPSA) is 24.0 Å². The second-order valence-corrected chi connectivity index (χ2v) is 5.75. The highest BCUT2D eigenvalue weighted by atomic mass is 35.5. The summed E-state index contributed by atoms with van der Waals surface area (Å²) >= 11 is 11.6. The van der Waals surface area contributed by atoms with Gasteiger partial charge >= 0.3 is 0 Å². The minimum absolute atomic E-state index is 0.586. The zero-order valence-corrected chi connectivity index (χ0v) is 13.2. The zero-order chi connectivity index (χ0) is 14.0. The monoisotopic (exact) mass is 297 g/mol. The van der Waals surface area contributed by atoms with Crippen LogP contribution < -0.4 is 0 Å². The van der Waals surface area contributed by atoms with Gasteiger partial charge in [-0.15, -0.1) is 0 Å². The molecule has 1 atom stereocenters. The lowest BCUT2D eigenvalue weighted by Crippen LogP contribution is -2.31. The highest BCUT2D eigenvalue weighted by molar-refractivity contribution is 7.71. The van der Waals surface area contributed by atoms with Crippen molar-refractivity contribution in [2.24, 2.45) is 0 Å². The first-order chi connectivity index (χ1) is 9.04. The van der Waals surface area contributed by atoms with Gasteiger partial charge in [-0.25, -0.2) is 0 Å². The van der Waals surface area contributed by atoms with E-state index in [4.69, 9.17) is 23.8 Å². The van der Waals surface area contributed by atoms with E-state index in [1.54, 1.807) is 0 Å². The van der Waals surface area contributed by atoms with Crippen LogP contribution in [0.25, 0.3) is 11.0 Å². The van der Waals surface area contributed by atoms with Gasteiger partial charge in [-0.2, -0.15) is 0 Å². The van der Waals surface area contributed by atoms with Crippen LogP contribution in [0.15, 0.2) is 18.2 Å². The summed E-state index contributed by atoms with van der Waals surface area (Å²) in [6.07, 6.45) is 1.15. The van der Waals surface area contributed by atoms with Gasteiger partial charge in [-0.05, 0) is 44.7 Å². The average Bonchev–Trinajstić information content (AvgIpc) is 2.72. The maximum Gasteiger partial charge on any atom is 0.178 e. The molecule has 0 aliphatic heterocycles. The van der Waals surface area contributed by atoms with Gasteiger partial charge in [-0.1, -0.05) is 24.6 Å². The van der Waals surface area contributed by atoms with Gasteiger partial charge in [0.2, 0.25) is 0 Å². The normalized spacial score (nSPS) is 13.3. The molecule has 0 amide bonds. The molecule has 104 valence electrons. The smallest absolute Gasteiger partial charge is 0.178 e. The lowest BCUT2D eigenvalue weighted by molar-refractivity contribution is 0.243. The molecule has 1 aromatic carbocycles. The van der Waals surface area contributed by atoms with Crippen LogP contribution in [-0.4, -0.2) is 34.1 Å². The molecule has 0 radical (unpaired) electrons. The molecule has 1 heterocycles. The fraction of sp³-hybridized carbons (Fsp3) is 0.500. The summed E-state index contributed by atoms with van der Waals surface area (Å²) in [7, 11) is 2.15. The summed E-state index contributed by atoms with van der Waals surface area (Å²) in [6, 6.07) is 6.48. The number of hydrogen-bond acceptors (Lipinski definition) is 2. The van der Waals surface area contributed by atoms with E-state index in [2.05, 4.69) is 41.4 Å². The molecule has 1 aromatic heterocycles. The van der Waals surface area contributed by atoms with Gasteiger partial charge < -0.3 is 14.5 Å². The molecule has 2 aromatic rings. The van der Waals surface area contributed by atoms with Crippen LogP contribution in [0, 0.1) is 4.77 Å². The maximum atomic E-state index is 6.18. The first-order valence-corrected chi connectivity index (χ1v) is 7.40. The molecule has 0 saturated heterocycles. The van der Waals surface area contributed by atoms with Crippen molar-refractivity contribution in [2.75, 3.05) is 13.6 Å². The Hall–Kier alpha value is -0.840. The Kier molecular flexibility index (Phi) is 4.66. The number of para-hydroxylation sites is 1. The van der Waals surface area contributed by atoms with Gasteiger partial charge in [0.05, 0.1) is 16.1 Å². The molecule has 5 heteroatoms. The van der Waals surface area contributed by atoms with E-state index in [0.717, 1.165) is 40.3 Å². The first kappa shape index (κ1) is 14.6. The third kappa shape index (κ3) is 3.02. The van der Waals surface area contributed by atoms with Crippen molar-refractivity contribution >= 4 is 34.9 Å². The molecular formula is C14H20ClN3S. The molecule has 1 unspecified atom stereocenters. The van der Waals surface area contributed by atoms with Crippen molar-refractivity contribution in [3.63, 3.8) is 0 Å². The molecule has 0 fully saturated rings. The summed E-state index contributed by atoms with van der Waals surface area (Å²) in [4.78, 5) is 5.54. The molecule has 19 heavy (non-hydrogen) atoms. The van der Waals surface area contributed by atoms with Crippen LogP contribution in [0.5, 0.6) is 0 Å². The number of nitrogens with zero attached hydrogens (tertiary/aromatic N) is 2. The molecule has 2 rings (SSSR count). The number of imidazole rings is 1. The maximum absolute atomic E-state index is 6.18. The molecular weight excluding hydrogens is 278 g/mol. The number of aromatic amines is 1. The minimum atomic E-state index is 0.586. The van der Waals surface area contributed by atoms with E-state index >= 15 is 0 Å². The molecule has 0 spiro atoms. The van der Waals surface area contributed by atoms with Gasteiger partial charge in [0.1, 0.15) is 0 Å². The fourth-order valence-corrected chi connectivity index (χ4v) is 2.67. The van der Waals surface area contributed by atoms with Crippen molar-refractivity contribution in [2.45, 2.75) is 32.9 Å². The van der Waals surface area contributed by atoms with Gasteiger partial charge in [-0.3, -0.25) is 0 Å². The number of aromatic nitrogens is 2. The molecule has 1 N–H and O–H groups in total. The Labute approximate surface area is 124 Å². The molecule has 3 nitrogen and oxygen atoms in total. The van der Waals surface area contributed by atoms with Gasteiger partial charge in [0, 0.05) is 19.1 Å². The number of fused-ring (bicyclic) bond motifs is 1. The van der Waals surface area contributed by atoms with Gasteiger partial charge in [0.25, 0.3) is 0 Å². The third-order valence-corrected chi connectivity index (χ3v) is 4.42. The number of likely N-dealkylation sites (N-methyl/N-ethyl adjacent to an activating group) is 1. The van der Waals surface area contributed by atoms with Crippen LogP contribution in [0.4, 0.5) is 0 Å². The van der Waals surface area contributed by atoms with Crippen LogP contribution in [0.3, 0.4) is 0 Å². The quantitative estimate of drug-likeness (QED) is 0.841.